The number of hydrogen-bond acceptors (Lipinski definition) is 4. The van der Waals surface area contributed by atoms with Crippen LogP contribution in [0, 0.1) is 23.1 Å². The normalized spacial score (nSPS) is 27.4. The van der Waals surface area contributed by atoms with Gasteiger partial charge in [0, 0.05) is 12.7 Å². The second kappa shape index (κ2) is 4.63. The molecule has 0 radical (unpaired) electrons. The van der Waals surface area contributed by atoms with Crippen LogP contribution >= 0.6 is 0 Å². The Morgan fingerprint density at radius 1 is 1.60 bits per heavy atom. The molecule has 3 unspecified atom stereocenters. The number of pyridine rings is 1. The van der Waals surface area contributed by atoms with Gasteiger partial charge in [0.1, 0.15) is 6.07 Å². The van der Waals surface area contributed by atoms with Gasteiger partial charge in [0.05, 0.1) is 17.6 Å². The molecule has 3 atom stereocenters. The van der Waals surface area contributed by atoms with Gasteiger partial charge < -0.3 is 15.3 Å². The minimum atomic E-state index is -1.06. The highest BCUT2D eigenvalue weighted by molar-refractivity contribution is 5.66. The van der Waals surface area contributed by atoms with Crippen LogP contribution in [0.5, 0.6) is 0 Å². The zero-order valence-electron chi connectivity index (χ0n) is 10.6. The Hall–Kier alpha value is -2.36. The van der Waals surface area contributed by atoms with Gasteiger partial charge >= 0.3 is 6.09 Å². The molecule has 1 aliphatic carbocycles. The number of nitrogens with one attached hydrogen (secondary N) is 1. The predicted molar refractivity (Wildman–Crippen MR) is 67.7 cm³/mol. The number of amides is 1. The number of anilines is 1. The number of rotatable bonds is 2. The molecule has 20 heavy (non-hydrogen) atoms. The van der Waals surface area contributed by atoms with Crippen LogP contribution in [-0.4, -0.2) is 34.8 Å². The van der Waals surface area contributed by atoms with Crippen molar-refractivity contribution in [3.05, 3.63) is 23.6 Å². The summed E-state index contributed by atoms with van der Waals surface area (Å²) in [4.78, 5) is 16.6. The zero-order valence-corrected chi connectivity index (χ0v) is 10.6. The molecule has 2 N–H and O–H groups in total. The largest absolute Gasteiger partial charge is 0.465 e. The summed E-state index contributed by atoms with van der Waals surface area (Å²) in [6, 6.07) is 2.84. The van der Waals surface area contributed by atoms with E-state index in [1.165, 1.54) is 12.3 Å². The van der Waals surface area contributed by atoms with E-state index in [2.05, 4.69) is 10.3 Å². The third-order valence-corrected chi connectivity index (χ3v) is 4.14. The van der Waals surface area contributed by atoms with Gasteiger partial charge in [-0.05, 0) is 24.8 Å². The van der Waals surface area contributed by atoms with Gasteiger partial charge in [-0.15, -0.1) is 0 Å². The molecule has 2 bridgehead atoms. The van der Waals surface area contributed by atoms with Gasteiger partial charge in [-0.1, -0.05) is 0 Å². The number of carbonyl (C=O) groups is 1. The first-order valence-corrected chi connectivity index (χ1v) is 6.42. The molecule has 1 amide bonds. The monoisotopic (exact) mass is 276 g/mol. The van der Waals surface area contributed by atoms with Crippen molar-refractivity contribution in [1.29, 1.82) is 5.26 Å². The molecular formula is C13H13FN4O2. The molecule has 2 aliphatic rings. The third kappa shape index (κ3) is 1.84. The Labute approximate surface area is 114 Å². The predicted octanol–water partition coefficient (Wildman–Crippen LogP) is 1.33. The molecule has 7 heteroatoms. The molecule has 0 spiro atoms. The summed E-state index contributed by atoms with van der Waals surface area (Å²) in [5.41, 5.74) is -0.0412. The first-order valence-electron chi connectivity index (χ1n) is 6.42. The molecule has 1 aromatic rings. The highest BCUT2D eigenvalue weighted by Crippen LogP contribution is 2.40. The van der Waals surface area contributed by atoms with E-state index in [0.717, 1.165) is 12.8 Å². The van der Waals surface area contributed by atoms with Crippen LogP contribution in [-0.2, 0) is 0 Å². The first kappa shape index (κ1) is 12.7. The maximum absolute atomic E-state index is 14.2. The molecule has 104 valence electrons. The molecule has 2 fully saturated rings. The summed E-state index contributed by atoms with van der Waals surface area (Å²) in [5, 5.41) is 20.2. The number of halogens is 1. The van der Waals surface area contributed by atoms with Crippen LogP contribution in [0.4, 0.5) is 15.0 Å². The van der Waals surface area contributed by atoms with Crippen molar-refractivity contribution in [2.75, 3.05) is 11.4 Å². The van der Waals surface area contributed by atoms with Crippen molar-refractivity contribution in [3.63, 3.8) is 0 Å². The van der Waals surface area contributed by atoms with E-state index in [1.807, 2.05) is 0 Å². The highest BCUT2D eigenvalue weighted by atomic mass is 19.1. The Morgan fingerprint density at radius 2 is 2.40 bits per heavy atom. The minimum absolute atomic E-state index is 0.0412. The van der Waals surface area contributed by atoms with Crippen LogP contribution in [0.3, 0.4) is 0 Å². The summed E-state index contributed by atoms with van der Waals surface area (Å²) in [5.74, 6) is -0.312. The highest BCUT2D eigenvalue weighted by Gasteiger charge is 2.48. The Bertz CT molecular complexity index is 601. The lowest BCUT2D eigenvalue weighted by Crippen LogP contribution is -2.43. The van der Waals surface area contributed by atoms with Crippen molar-refractivity contribution < 1.29 is 14.3 Å². The molecule has 1 saturated heterocycles. The van der Waals surface area contributed by atoms with E-state index < -0.39 is 11.9 Å². The fourth-order valence-electron chi connectivity index (χ4n) is 3.32. The van der Waals surface area contributed by atoms with Gasteiger partial charge in [0.2, 0.25) is 0 Å². The SMILES string of the molecule is N#Cc1ccnc(N2CC3CCC2C3NC(=O)O)c1F. The molecule has 0 aromatic carbocycles. The maximum atomic E-state index is 14.2. The van der Waals surface area contributed by atoms with Crippen LogP contribution in [0.1, 0.15) is 18.4 Å². The molecule has 3 rings (SSSR count). The molecule has 6 nitrogen and oxygen atoms in total. The quantitative estimate of drug-likeness (QED) is 0.850. The van der Waals surface area contributed by atoms with E-state index in [4.69, 9.17) is 10.4 Å². The number of nitrogens with zero attached hydrogens (tertiary/aromatic N) is 3. The lowest BCUT2D eigenvalue weighted by Gasteiger charge is -2.28. The average Bonchev–Trinajstić information content (AvgIpc) is 2.95. The second-order valence-corrected chi connectivity index (χ2v) is 5.14. The maximum Gasteiger partial charge on any atom is 0.404 e. The number of fused-ring (bicyclic) bond motifs is 2. The van der Waals surface area contributed by atoms with E-state index >= 15 is 0 Å². The molecule has 1 saturated carbocycles. The van der Waals surface area contributed by atoms with Gasteiger partial charge in [-0.2, -0.15) is 5.26 Å². The van der Waals surface area contributed by atoms with Gasteiger partial charge in [0.25, 0.3) is 0 Å². The van der Waals surface area contributed by atoms with Crippen molar-refractivity contribution in [2.45, 2.75) is 24.9 Å². The van der Waals surface area contributed by atoms with Gasteiger partial charge in [0.15, 0.2) is 11.6 Å². The van der Waals surface area contributed by atoms with E-state index in [9.17, 15) is 9.18 Å². The first-order chi connectivity index (χ1) is 9.61. The molecular weight excluding hydrogens is 263 g/mol. The lowest BCUT2D eigenvalue weighted by atomic mass is 10.1. The van der Waals surface area contributed by atoms with Crippen LogP contribution in [0.15, 0.2) is 12.3 Å². The molecule has 1 aliphatic heterocycles. The van der Waals surface area contributed by atoms with Gasteiger partial charge in [-0.25, -0.2) is 14.2 Å². The fraction of sp³-hybridized carbons (Fsp3) is 0.462. The number of carboxylic acid groups (broad SMARTS) is 1. The number of piperidine rings is 1. The minimum Gasteiger partial charge on any atom is -0.465 e. The number of aromatic nitrogens is 1. The summed E-state index contributed by atoms with van der Waals surface area (Å²) in [6.07, 6.45) is 2.06. The summed E-state index contributed by atoms with van der Waals surface area (Å²) < 4.78 is 14.2. The van der Waals surface area contributed by atoms with Crippen LogP contribution in [0.2, 0.25) is 0 Å². The smallest absolute Gasteiger partial charge is 0.404 e. The topological polar surface area (TPSA) is 89.3 Å². The van der Waals surface area contributed by atoms with Gasteiger partial charge in [-0.3, -0.25) is 0 Å². The summed E-state index contributed by atoms with van der Waals surface area (Å²) in [7, 11) is 0. The molecule has 1 aromatic heterocycles. The lowest BCUT2D eigenvalue weighted by molar-refractivity contribution is 0.188. The van der Waals surface area contributed by atoms with E-state index in [1.54, 1.807) is 11.0 Å². The van der Waals surface area contributed by atoms with Crippen LogP contribution < -0.4 is 10.2 Å². The van der Waals surface area contributed by atoms with E-state index in [-0.39, 0.29) is 29.4 Å². The third-order valence-electron chi connectivity index (χ3n) is 4.14. The Kier molecular flexibility index (Phi) is 2.93. The summed E-state index contributed by atoms with van der Waals surface area (Å²) >= 11 is 0. The Balaban J connectivity index is 1.90. The van der Waals surface area contributed by atoms with Crippen molar-refractivity contribution in [3.8, 4) is 6.07 Å². The molecule has 2 heterocycles. The number of nitriles is 1. The fourth-order valence-corrected chi connectivity index (χ4v) is 3.32. The standard InChI is InChI=1S/C13H13FN4O2/c14-10-7(5-15)3-4-16-12(10)18-6-8-1-2-9(18)11(8)17-13(19)20/h3-4,8-9,11,17H,1-2,6H2,(H,19,20). The van der Waals surface area contributed by atoms with Crippen molar-refractivity contribution >= 4 is 11.9 Å². The van der Waals surface area contributed by atoms with E-state index in [0.29, 0.717) is 6.54 Å². The average molecular weight is 276 g/mol. The van der Waals surface area contributed by atoms with Crippen molar-refractivity contribution in [2.24, 2.45) is 5.92 Å². The second-order valence-electron chi connectivity index (χ2n) is 5.14. The zero-order chi connectivity index (χ0) is 14.3. The summed E-state index contributed by atoms with van der Waals surface area (Å²) in [6.45, 7) is 0.564. The van der Waals surface area contributed by atoms with Crippen molar-refractivity contribution in [1.82, 2.24) is 10.3 Å². The number of hydrogen-bond donors (Lipinski definition) is 2. The Morgan fingerprint density at radius 3 is 3.10 bits per heavy atom. The van der Waals surface area contributed by atoms with Crippen LogP contribution in [0.25, 0.3) is 0 Å².